The van der Waals surface area contributed by atoms with Crippen LogP contribution in [0, 0.1) is 5.92 Å². The van der Waals surface area contributed by atoms with E-state index in [0.29, 0.717) is 24.6 Å². The van der Waals surface area contributed by atoms with Crippen molar-refractivity contribution in [2.24, 2.45) is 5.92 Å². The fourth-order valence-electron chi connectivity index (χ4n) is 7.06. The quantitative estimate of drug-likeness (QED) is 0.522. The molecule has 2 aromatic carbocycles. The largest absolute Gasteiger partial charge is 0.385 e. The molecule has 2 N–H and O–H groups in total. The molecule has 0 spiro atoms. The number of benzene rings is 2. The third-order valence-corrected chi connectivity index (χ3v) is 8.90. The molecule has 2 heterocycles. The zero-order valence-corrected chi connectivity index (χ0v) is 22.2. The molecule has 7 heteroatoms. The van der Waals surface area contributed by atoms with E-state index in [1.54, 1.807) is 13.4 Å². The van der Waals surface area contributed by atoms with Crippen molar-refractivity contribution < 1.29 is 14.6 Å². The lowest BCUT2D eigenvalue weighted by Gasteiger charge is -2.41. The van der Waals surface area contributed by atoms with Crippen LogP contribution in [-0.2, 0) is 17.6 Å². The molecule has 1 saturated carbocycles. The molecule has 38 heavy (non-hydrogen) atoms. The van der Waals surface area contributed by atoms with E-state index in [1.807, 2.05) is 30.3 Å². The summed E-state index contributed by atoms with van der Waals surface area (Å²) in [4.78, 5) is 21.2. The summed E-state index contributed by atoms with van der Waals surface area (Å²) in [6, 6.07) is 18.6. The number of fused-ring (bicyclic) bond motifs is 1. The fraction of sp³-hybridized carbons (Fsp3) is 0.484. The maximum atomic E-state index is 14.4. The van der Waals surface area contributed by atoms with Gasteiger partial charge in [-0.05, 0) is 42.7 Å². The molecular formula is C31H38N4O3. The smallest absolute Gasteiger partial charge is 0.275 e. The topological polar surface area (TPSA) is 79.6 Å². The lowest BCUT2D eigenvalue weighted by atomic mass is 9.80. The number of aromatic nitrogens is 2. The molecule has 1 aromatic heterocycles. The van der Waals surface area contributed by atoms with Crippen molar-refractivity contribution in [2.75, 3.05) is 33.4 Å². The van der Waals surface area contributed by atoms with E-state index in [4.69, 9.17) is 9.72 Å². The molecule has 1 aliphatic heterocycles. The van der Waals surface area contributed by atoms with Crippen LogP contribution in [-0.4, -0.2) is 70.5 Å². The Labute approximate surface area is 224 Å². The predicted molar refractivity (Wildman–Crippen MR) is 147 cm³/mol. The number of methoxy groups -OCH3 is 1. The van der Waals surface area contributed by atoms with Crippen molar-refractivity contribution in [1.29, 1.82) is 0 Å². The summed E-state index contributed by atoms with van der Waals surface area (Å²) in [5.41, 5.74) is 4.02. The summed E-state index contributed by atoms with van der Waals surface area (Å²) in [7, 11) is 1.64. The Morgan fingerprint density at radius 3 is 2.58 bits per heavy atom. The third-order valence-electron chi connectivity index (χ3n) is 8.90. The number of imidazole rings is 1. The SMILES string of the molecule is COC[C@]1(O)CCCC[C@H]1n1cnc(C(=O)N2CCNC[C@H]2C2Cc3ccccc3C2)c1-c1ccccc1. The van der Waals surface area contributed by atoms with Crippen LogP contribution >= 0.6 is 0 Å². The maximum Gasteiger partial charge on any atom is 0.275 e. The highest BCUT2D eigenvalue weighted by Gasteiger charge is 2.43. The van der Waals surface area contributed by atoms with Gasteiger partial charge in [0.1, 0.15) is 5.60 Å². The standard InChI is InChI=1S/C31H38N4O3/c1-38-20-31(37)14-8-7-13-27(31)35-21-33-28(29(35)22-9-3-2-4-10-22)30(36)34-16-15-32-19-26(34)25-17-23-11-5-6-12-24(23)18-25/h2-6,9-12,21,25-27,32,37H,7-8,13-20H2,1H3/t26-,27+,31+/m0/s1. The van der Waals surface area contributed by atoms with Gasteiger partial charge in [-0.1, -0.05) is 67.4 Å². The van der Waals surface area contributed by atoms with E-state index >= 15 is 0 Å². The molecule has 6 rings (SSSR count). The van der Waals surface area contributed by atoms with Gasteiger partial charge in [0.2, 0.25) is 0 Å². The number of aliphatic hydroxyl groups is 1. The Morgan fingerprint density at radius 2 is 1.84 bits per heavy atom. The van der Waals surface area contributed by atoms with E-state index in [1.165, 1.54) is 11.1 Å². The number of piperazine rings is 1. The van der Waals surface area contributed by atoms with Gasteiger partial charge in [-0.3, -0.25) is 4.79 Å². The number of carbonyl (C=O) groups is 1. The molecule has 3 aliphatic rings. The van der Waals surface area contributed by atoms with Crippen LogP contribution in [0.5, 0.6) is 0 Å². The first kappa shape index (κ1) is 25.3. The van der Waals surface area contributed by atoms with Crippen LogP contribution in [0.3, 0.4) is 0 Å². The highest BCUT2D eigenvalue weighted by atomic mass is 16.5. The van der Waals surface area contributed by atoms with Crippen molar-refractivity contribution in [3.05, 3.63) is 77.7 Å². The molecule has 0 bridgehead atoms. The van der Waals surface area contributed by atoms with Gasteiger partial charge in [-0.15, -0.1) is 0 Å². The van der Waals surface area contributed by atoms with Crippen LogP contribution in [0.15, 0.2) is 60.9 Å². The monoisotopic (exact) mass is 514 g/mol. The number of nitrogens with zero attached hydrogens (tertiary/aromatic N) is 3. The molecule has 7 nitrogen and oxygen atoms in total. The minimum atomic E-state index is -0.995. The summed E-state index contributed by atoms with van der Waals surface area (Å²) < 4.78 is 7.52. The normalized spacial score (nSPS) is 25.9. The lowest BCUT2D eigenvalue weighted by Crippen LogP contribution is -2.57. The molecule has 2 aliphatic carbocycles. The molecule has 0 radical (unpaired) electrons. The zero-order chi connectivity index (χ0) is 26.1. The van der Waals surface area contributed by atoms with E-state index in [0.717, 1.165) is 56.5 Å². The number of hydrogen-bond donors (Lipinski definition) is 2. The second-order valence-electron chi connectivity index (χ2n) is 11.2. The van der Waals surface area contributed by atoms with Crippen LogP contribution in [0.25, 0.3) is 11.3 Å². The number of carbonyl (C=O) groups excluding carboxylic acids is 1. The van der Waals surface area contributed by atoms with E-state index < -0.39 is 5.60 Å². The molecule has 2 fully saturated rings. The van der Waals surface area contributed by atoms with Crippen LogP contribution < -0.4 is 5.32 Å². The van der Waals surface area contributed by atoms with Crippen molar-refractivity contribution in [3.8, 4) is 11.3 Å². The average molecular weight is 515 g/mol. The van der Waals surface area contributed by atoms with Crippen LogP contribution in [0.4, 0.5) is 0 Å². The lowest BCUT2D eigenvalue weighted by molar-refractivity contribution is -0.0893. The first-order chi connectivity index (χ1) is 18.6. The Kier molecular flexibility index (Phi) is 7.08. The maximum absolute atomic E-state index is 14.4. The fourth-order valence-corrected chi connectivity index (χ4v) is 7.06. The number of nitrogens with one attached hydrogen (secondary N) is 1. The van der Waals surface area contributed by atoms with Crippen molar-refractivity contribution in [2.45, 2.75) is 56.2 Å². The van der Waals surface area contributed by atoms with Crippen LogP contribution in [0.1, 0.15) is 53.3 Å². The molecule has 1 saturated heterocycles. The molecule has 200 valence electrons. The minimum Gasteiger partial charge on any atom is -0.385 e. The summed E-state index contributed by atoms with van der Waals surface area (Å²) in [6.07, 6.45) is 7.24. The summed E-state index contributed by atoms with van der Waals surface area (Å²) >= 11 is 0. The molecule has 0 unspecified atom stereocenters. The van der Waals surface area contributed by atoms with Gasteiger partial charge in [0.25, 0.3) is 5.91 Å². The van der Waals surface area contributed by atoms with Gasteiger partial charge < -0.3 is 24.6 Å². The molecular weight excluding hydrogens is 476 g/mol. The van der Waals surface area contributed by atoms with Crippen LogP contribution in [0.2, 0.25) is 0 Å². The van der Waals surface area contributed by atoms with Gasteiger partial charge in [0, 0.05) is 38.3 Å². The molecule has 1 amide bonds. The van der Waals surface area contributed by atoms with Gasteiger partial charge in [-0.2, -0.15) is 0 Å². The Bertz CT molecular complexity index is 1250. The highest BCUT2D eigenvalue weighted by Crippen LogP contribution is 2.41. The van der Waals surface area contributed by atoms with Gasteiger partial charge in [-0.25, -0.2) is 4.98 Å². The van der Waals surface area contributed by atoms with E-state index in [2.05, 4.69) is 39.0 Å². The second kappa shape index (κ2) is 10.6. The number of hydrogen-bond acceptors (Lipinski definition) is 5. The van der Waals surface area contributed by atoms with Crippen molar-refractivity contribution in [3.63, 3.8) is 0 Å². The number of rotatable bonds is 6. The minimum absolute atomic E-state index is 0.0175. The van der Waals surface area contributed by atoms with E-state index in [-0.39, 0.29) is 24.6 Å². The Morgan fingerprint density at radius 1 is 1.11 bits per heavy atom. The van der Waals surface area contributed by atoms with Gasteiger partial charge in [0.05, 0.1) is 24.7 Å². The summed E-state index contributed by atoms with van der Waals surface area (Å²) in [5.74, 6) is 0.368. The Hall–Kier alpha value is -3.00. The molecule has 3 aromatic rings. The van der Waals surface area contributed by atoms with Gasteiger partial charge >= 0.3 is 0 Å². The highest BCUT2D eigenvalue weighted by molar-refractivity contribution is 5.98. The zero-order valence-electron chi connectivity index (χ0n) is 22.2. The summed E-state index contributed by atoms with van der Waals surface area (Å²) in [5, 5.41) is 15.2. The number of amides is 1. The first-order valence-corrected chi connectivity index (χ1v) is 14.0. The van der Waals surface area contributed by atoms with Crippen molar-refractivity contribution >= 4 is 5.91 Å². The van der Waals surface area contributed by atoms with Gasteiger partial charge in [0.15, 0.2) is 5.69 Å². The predicted octanol–water partition coefficient (Wildman–Crippen LogP) is 3.87. The first-order valence-electron chi connectivity index (χ1n) is 14.0. The molecule has 3 atom stereocenters. The average Bonchev–Trinajstić information content (AvgIpc) is 3.58. The Balaban J connectivity index is 1.37. The number of ether oxygens (including phenoxy) is 1. The third kappa shape index (κ3) is 4.57. The summed E-state index contributed by atoms with van der Waals surface area (Å²) in [6.45, 7) is 2.49. The van der Waals surface area contributed by atoms with E-state index in [9.17, 15) is 9.90 Å². The second-order valence-corrected chi connectivity index (χ2v) is 11.2. The van der Waals surface area contributed by atoms with Crippen molar-refractivity contribution in [1.82, 2.24) is 19.8 Å².